The Hall–Kier alpha value is -0.533. The lowest BCUT2D eigenvalue weighted by Crippen LogP contribution is -2.46. The van der Waals surface area contributed by atoms with Crippen LogP contribution in [0.5, 0.6) is 0 Å². The first-order chi connectivity index (χ1) is 11.8. The van der Waals surface area contributed by atoms with Crippen molar-refractivity contribution in [3.05, 3.63) is 30.3 Å². The highest BCUT2D eigenvalue weighted by Gasteiger charge is 2.39. The molecule has 0 saturated heterocycles. The molecule has 4 nitrogen and oxygen atoms in total. The van der Waals surface area contributed by atoms with Gasteiger partial charge in [0.25, 0.3) is 0 Å². The molecule has 0 unspecified atom stereocenters. The standard InChI is InChI=1S/C18H33NO3SSi/c1-4-20-24(21-5-2,22-6-3)17-11-16-23-15-10-14-19-18-12-8-7-9-13-18/h7-9,12-13,19H,4-6,10-11,14-17H2,1-3H3. The molecule has 24 heavy (non-hydrogen) atoms. The topological polar surface area (TPSA) is 39.7 Å². The predicted molar refractivity (Wildman–Crippen MR) is 107 cm³/mol. The van der Waals surface area contributed by atoms with Gasteiger partial charge in [-0.25, -0.2) is 0 Å². The summed E-state index contributed by atoms with van der Waals surface area (Å²) in [4.78, 5) is 0. The van der Waals surface area contributed by atoms with Gasteiger partial charge >= 0.3 is 8.80 Å². The number of anilines is 1. The van der Waals surface area contributed by atoms with Crippen LogP contribution in [0.25, 0.3) is 0 Å². The smallest absolute Gasteiger partial charge is 0.385 e. The predicted octanol–water partition coefficient (Wildman–Crippen LogP) is 4.66. The van der Waals surface area contributed by atoms with E-state index in [0.717, 1.165) is 24.8 Å². The van der Waals surface area contributed by atoms with Gasteiger partial charge in [-0.2, -0.15) is 11.8 Å². The zero-order chi connectivity index (χ0) is 17.5. The highest BCUT2D eigenvalue weighted by molar-refractivity contribution is 7.99. The minimum Gasteiger partial charge on any atom is -0.385 e. The van der Waals surface area contributed by atoms with E-state index in [1.54, 1.807) is 0 Å². The summed E-state index contributed by atoms with van der Waals surface area (Å²) in [5.41, 5.74) is 1.20. The lowest BCUT2D eigenvalue weighted by atomic mass is 10.3. The largest absolute Gasteiger partial charge is 0.500 e. The molecule has 138 valence electrons. The van der Waals surface area contributed by atoms with E-state index in [9.17, 15) is 0 Å². The first-order valence-electron chi connectivity index (χ1n) is 9.04. The van der Waals surface area contributed by atoms with Crippen molar-refractivity contribution in [1.29, 1.82) is 0 Å². The third-order valence-electron chi connectivity index (χ3n) is 3.43. The van der Waals surface area contributed by atoms with Crippen LogP contribution in [-0.2, 0) is 13.3 Å². The highest BCUT2D eigenvalue weighted by atomic mass is 32.2. The molecule has 0 aliphatic carbocycles. The molecule has 0 radical (unpaired) electrons. The van der Waals surface area contributed by atoms with Crippen molar-refractivity contribution in [1.82, 2.24) is 0 Å². The Morgan fingerprint density at radius 1 is 0.875 bits per heavy atom. The van der Waals surface area contributed by atoms with Crippen LogP contribution in [0.4, 0.5) is 5.69 Å². The van der Waals surface area contributed by atoms with Gasteiger partial charge in [-0.15, -0.1) is 0 Å². The van der Waals surface area contributed by atoms with Gasteiger partial charge in [-0.1, -0.05) is 18.2 Å². The lowest BCUT2D eigenvalue weighted by molar-refractivity contribution is 0.0712. The molecule has 0 aliphatic rings. The van der Waals surface area contributed by atoms with Crippen molar-refractivity contribution < 1.29 is 13.3 Å². The monoisotopic (exact) mass is 371 g/mol. The van der Waals surface area contributed by atoms with Crippen molar-refractivity contribution in [2.24, 2.45) is 0 Å². The fourth-order valence-electron chi connectivity index (χ4n) is 2.46. The van der Waals surface area contributed by atoms with E-state index in [0.29, 0.717) is 19.8 Å². The molecule has 1 aromatic carbocycles. The number of para-hydroxylation sites is 1. The molecular formula is C18H33NO3SSi. The Labute approximate surface area is 153 Å². The van der Waals surface area contributed by atoms with Gasteiger partial charge in [0.1, 0.15) is 0 Å². The second kappa shape index (κ2) is 13.7. The summed E-state index contributed by atoms with van der Waals surface area (Å²) in [5.74, 6) is 2.31. The maximum Gasteiger partial charge on any atom is 0.500 e. The van der Waals surface area contributed by atoms with E-state index in [1.807, 2.05) is 38.6 Å². The molecule has 0 fully saturated rings. The molecule has 0 aromatic heterocycles. The number of nitrogens with one attached hydrogen (secondary N) is 1. The van der Waals surface area contributed by atoms with Gasteiger partial charge < -0.3 is 18.6 Å². The Bertz CT molecular complexity index is 391. The van der Waals surface area contributed by atoms with Gasteiger partial charge in [0.15, 0.2) is 0 Å². The Balaban J connectivity index is 2.12. The molecule has 0 aliphatic heterocycles. The summed E-state index contributed by atoms with van der Waals surface area (Å²) in [7, 11) is -2.44. The van der Waals surface area contributed by atoms with Crippen LogP contribution >= 0.6 is 11.8 Å². The summed E-state index contributed by atoms with van der Waals surface area (Å²) in [6.45, 7) is 9.02. The fraction of sp³-hybridized carbons (Fsp3) is 0.667. The summed E-state index contributed by atoms with van der Waals surface area (Å²) in [6.07, 6.45) is 2.26. The number of thioether (sulfide) groups is 1. The summed E-state index contributed by atoms with van der Waals surface area (Å²) >= 11 is 2.00. The summed E-state index contributed by atoms with van der Waals surface area (Å²) in [5, 5.41) is 3.44. The molecule has 1 aromatic rings. The zero-order valence-corrected chi connectivity index (χ0v) is 17.2. The normalized spacial score (nSPS) is 11.6. The minimum absolute atomic E-state index is 0.657. The van der Waals surface area contributed by atoms with Crippen LogP contribution in [0.1, 0.15) is 33.6 Å². The zero-order valence-electron chi connectivity index (χ0n) is 15.4. The van der Waals surface area contributed by atoms with Gasteiger partial charge in [0.2, 0.25) is 0 Å². The molecule has 0 amide bonds. The van der Waals surface area contributed by atoms with Crippen LogP contribution in [-0.4, -0.2) is 46.7 Å². The van der Waals surface area contributed by atoms with Gasteiger partial charge in [-0.05, 0) is 57.3 Å². The van der Waals surface area contributed by atoms with E-state index < -0.39 is 8.80 Å². The van der Waals surface area contributed by atoms with Crippen LogP contribution < -0.4 is 5.32 Å². The van der Waals surface area contributed by atoms with Gasteiger partial charge in [0, 0.05) is 38.1 Å². The maximum absolute atomic E-state index is 5.88. The molecular weight excluding hydrogens is 338 g/mol. The number of benzene rings is 1. The lowest BCUT2D eigenvalue weighted by Gasteiger charge is -2.28. The Morgan fingerprint density at radius 2 is 1.46 bits per heavy atom. The average molecular weight is 372 g/mol. The van der Waals surface area contributed by atoms with Crippen molar-refractivity contribution in [3.8, 4) is 0 Å². The first kappa shape index (κ1) is 21.5. The van der Waals surface area contributed by atoms with E-state index >= 15 is 0 Å². The molecule has 1 rings (SSSR count). The summed E-state index contributed by atoms with van der Waals surface area (Å²) in [6, 6.07) is 11.3. The molecule has 1 N–H and O–H groups in total. The van der Waals surface area contributed by atoms with Crippen molar-refractivity contribution in [3.63, 3.8) is 0 Å². The molecule has 0 bridgehead atoms. The third-order valence-corrected chi connectivity index (χ3v) is 7.74. The van der Waals surface area contributed by atoms with Crippen molar-refractivity contribution in [2.75, 3.05) is 43.2 Å². The molecule has 0 atom stereocenters. The first-order valence-corrected chi connectivity index (χ1v) is 12.1. The molecule has 0 spiro atoms. The third kappa shape index (κ3) is 9.08. The fourth-order valence-corrected chi connectivity index (χ4v) is 6.23. The van der Waals surface area contributed by atoms with Gasteiger partial charge in [0.05, 0.1) is 0 Å². The van der Waals surface area contributed by atoms with Gasteiger partial charge in [-0.3, -0.25) is 0 Å². The average Bonchev–Trinajstić information content (AvgIpc) is 2.59. The van der Waals surface area contributed by atoms with E-state index in [-0.39, 0.29) is 0 Å². The number of rotatable bonds is 15. The molecule has 0 saturated carbocycles. The van der Waals surface area contributed by atoms with Crippen LogP contribution in [0.15, 0.2) is 30.3 Å². The van der Waals surface area contributed by atoms with Crippen LogP contribution in [0.2, 0.25) is 6.04 Å². The SMILES string of the molecule is CCO[Si](CCCSCCCNc1ccccc1)(OCC)OCC. The minimum atomic E-state index is -2.44. The number of hydrogen-bond acceptors (Lipinski definition) is 5. The Morgan fingerprint density at radius 3 is 2.04 bits per heavy atom. The summed E-state index contributed by atoms with van der Waals surface area (Å²) < 4.78 is 17.6. The second-order valence-corrected chi connectivity index (χ2v) is 9.30. The van der Waals surface area contributed by atoms with Crippen molar-refractivity contribution in [2.45, 2.75) is 39.7 Å². The quantitative estimate of drug-likeness (QED) is 0.359. The van der Waals surface area contributed by atoms with E-state index in [4.69, 9.17) is 13.3 Å². The maximum atomic E-state index is 5.88. The highest BCUT2D eigenvalue weighted by Crippen LogP contribution is 2.20. The number of hydrogen-bond donors (Lipinski definition) is 1. The molecule has 0 heterocycles. The van der Waals surface area contributed by atoms with E-state index in [2.05, 4.69) is 29.6 Å². The second-order valence-electron chi connectivity index (χ2n) is 5.34. The van der Waals surface area contributed by atoms with Crippen LogP contribution in [0.3, 0.4) is 0 Å². The molecule has 6 heteroatoms. The Kier molecular flexibility index (Phi) is 12.3. The van der Waals surface area contributed by atoms with Crippen LogP contribution in [0, 0.1) is 0 Å². The van der Waals surface area contributed by atoms with Crippen molar-refractivity contribution >= 4 is 26.3 Å². The van der Waals surface area contributed by atoms with E-state index in [1.165, 1.54) is 17.9 Å².